The van der Waals surface area contributed by atoms with Gasteiger partial charge in [0, 0.05) is 29.4 Å². The highest BCUT2D eigenvalue weighted by Crippen LogP contribution is 2.29. The van der Waals surface area contributed by atoms with E-state index in [2.05, 4.69) is 20.5 Å². The van der Waals surface area contributed by atoms with Crippen molar-refractivity contribution in [3.05, 3.63) is 41.3 Å². The molecule has 7 nitrogen and oxygen atoms in total. The Balaban J connectivity index is 1.68. The molecule has 2 aromatic heterocycles. The number of rotatable bonds is 4. The number of hydrogen-bond donors (Lipinski definition) is 4. The Morgan fingerprint density at radius 1 is 1.27 bits per heavy atom. The maximum atomic E-state index is 14.4. The highest BCUT2D eigenvalue weighted by molar-refractivity contribution is 6.07. The first-order valence-electron chi connectivity index (χ1n) is 10.3. The molecule has 1 aromatic carbocycles. The average molecular weight is 411 g/mol. The van der Waals surface area contributed by atoms with E-state index in [9.17, 15) is 14.3 Å². The molecular formula is C22H26FN5O2. The molecule has 1 fully saturated rings. The van der Waals surface area contributed by atoms with Gasteiger partial charge in [0.25, 0.3) is 5.91 Å². The van der Waals surface area contributed by atoms with Gasteiger partial charge in [-0.05, 0) is 38.0 Å². The number of aryl methyl sites for hydroxylation is 1. The molecule has 8 heteroatoms. The van der Waals surface area contributed by atoms with Gasteiger partial charge < -0.3 is 16.2 Å². The lowest BCUT2D eigenvalue weighted by Gasteiger charge is -2.28. The van der Waals surface area contributed by atoms with Crippen LogP contribution in [0, 0.1) is 12.7 Å². The molecule has 30 heavy (non-hydrogen) atoms. The van der Waals surface area contributed by atoms with Crippen molar-refractivity contribution in [1.82, 2.24) is 20.5 Å². The van der Waals surface area contributed by atoms with E-state index in [0.29, 0.717) is 28.8 Å². The van der Waals surface area contributed by atoms with E-state index < -0.39 is 11.4 Å². The first-order chi connectivity index (χ1) is 14.4. The molecule has 3 aromatic rings. The number of aromatic nitrogens is 3. The largest absolute Gasteiger partial charge is 0.508 e. The van der Waals surface area contributed by atoms with Crippen molar-refractivity contribution in [2.24, 2.45) is 5.73 Å². The summed E-state index contributed by atoms with van der Waals surface area (Å²) in [4.78, 5) is 17.5. The number of carbonyl (C=O) groups excluding carboxylic acids is 1. The van der Waals surface area contributed by atoms with Gasteiger partial charge in [-0.3, -0.25) is 9.89 Å². The number of nitrogens with one attached hydrogen (secondary N) is 2. The van der Waals surface area contributed by atoms with Crippen LogP contribution in [0.15, 0.2) is 24.3 Å². The Bertz CT molecular complexity index is 1090. The Labute approximate surface area is 173 Å². The zero-order valence-corrected chi connectivity index (χ0v) is 17.0. The van der Waals surface area contributed by atoms with Crippen LogP contribution in [0.25, 0.3) is 22.3 Å². The molecule has 2 heterocycles. The van der Waals surface area contributed by atoms with E-state index in [1.54, 1.807) is 6.07 Å². The minimum absolute atomic E-state index is 0.178. The van der Waals surface area contributed by atoms with Crippen molar-refractivity contribution in [2.75, 3.05) is 6.54 Å². The number of hydrogen-bond acceptors (Lipinski definition) is 5. The molecule has 0 saturated heterocycles. The predicted molar refractivity (Wildman–Crippen MR) is 113 cm³/mol. The Kier molecular flexibility index (Phi) is 5.42. The van der Waals surface area contributed by atoms with Crippen molar-refractivity contribution >= 4 is 16.9 Å². The molecule has 1 aliphatic rings. The van der Waals surface area contributed by atoms with Crippen LogP contribution in [-0.2, 0) is 0 Å². The third-order valence-electron chi connectivity index (χ3n) is 5.88. The Hall–Kier alpha value is -3.00. The monoisotopic (exact) mass is 411 g/mol. The van der Waals surface area contributed by atoms with Crippen molar-refractivity contribution in [2.45, 2.75) is 51.0 Å². The Morgan fingerprint density at radius 3 is 2.70 bits per heavy atom. The summed E-state index contributed by atoms with van der Waals surface area (Å²) < 4.78 is 14.4. The van der Waals surface area contributed by atoms with Gasteiger partial charge in [0.05, 0.1) is 16.6 Å². The van der Waals surface area contributed by atoms with Crippen LogP contribution in [0.4, 0.5) is 4.39 Å². The van der Waals surface area contributed by atoms with Gasteiger partial charge in [-0.15, -0.1) is 0 Å². The highest BCUT2D eigenvalue weighted by atomic mass is 19.1. The summed E-state index contributed by atoms with van der Waals surface area (Å²) in [6.45, 7) is 2.19. The SMILES string of the molecule is Cc1[nH]nc2nc(-c3ccc(O)cc3F)cc(C(=O)NCC3(N)CCCCCC3)c12. The van der Waals surface area contributed by atoms with Gasteiger partial charge in [-0.2, -0.15) is 5.10 Å². The summed E-state index contributed by atoms with van der Waals surface area (Å²) in [7, 11) is 0. The third-order valence-corrected chi connectivity index (χ3v) is 5.88. The van der Waals surface area contributed by atoms with E-state index in [4.69, 9.17) is 5.73 Å². The van der Waals surface area contributed by atoms with Crippen LogP contribution in [-0.4, -0.2) is 38.3 Å². The first-order valence-corrected chi connectivity index (χ1v) is 10.3. The number of aromatic amines is 1. The predicted octanol–water partition coefficient (Wildman–Crippen LogP) is 3.56. The number of nitrogens with two attached hydrogens (primary N) is 1. The van der Waals surface area contributed by atoms with E-state index in [1.807, 2.05) is 6.92 Å². The number of H-pyrrole nitrogens is 1. The highest BCUT2D eigenvalue weighted by Gasteiger charge is 2.27. The second-order valence-electron chi connectivity index (χ2n) is 8.23. The van der Waals surface area contributed by atoms with Crippen molar-refractivity contribution in [3.63, 3.8) is 0 Å². The molecule has 1 saturated carbocycles. The lowest BCUT2D eigenvalue weighted by Crippen LogP contribution is -2.49. The molecule has 0 bridgehead atoms. The second-order valence-corrected chi connectivity index (χ2v) is 8.23. The third kappa shape index (κ3) is 4.00. The van der Waals surface area contributed by atoms with Gasteiger partial charge in [0.1, 0.15) is 11.6 Å². The topological polar surface area (TPSA) is 117 Å². The fourth-order valence-electron chi connectivity index (χ4n) is 4.16. The number of phenolic OH excluding ortho intramolecular Hbond substituents is 1. The molecule has 0 aliphatic heterocycles. The lowest BCUT2D eigenvalue weighted by molar-refractivity contribution is 0.0942. The van der Waals surface area contributed by atoms with Gasteiger partial charge in [-0.1, -0.05) is 25.7 Å². The molecule has 0 unspecified atom stereocenters. The number of aromatic hydroxyl groups is 1. The maximum absolute atomic E-state index is 14.4. The number of halogens is 1. The molecule has 1 amide bonds. The summed E-state index contributed by atoms with van der Waals surface area (Å²) in [5, 5.41) is 20.1. The molecule has 0 radical (unpaired) electrons. The molecule has 5 N–H and O–H groups in total. The number of fused-ring (bicyclic) bond motifs is 1. The van der Waals surface area contributed by atoms with E-state index in [-0.39, 0.29) is 22.9 Å². The minimum Gasteiger partial charge on any atom is -0.508 e. The maximum Gasteiger partial charge on any atom is 0.252 e. The number of pyridine rings is 1. The zero-order valence-electron chi connectivity index (χ0n) is 17.0. The second kappa shape index (κ2) is 8.02. The van der Waals surface area contributed by atoms with Crippen molar-refractivity contribution < 1.29 is 14.3 Å². The van der Waals surface area contributed by atoms with Crippen LogP contribution < -0.4 is 11.1 Å². The number of carbonyl (C=O) groups is 1. The van der Waals surface area contributed by atoms with E-state index in [0.717, 1.165) is 31.7 Å². The van der Waals surface area contributed by atoms with E-state index >= 15 is 0 Å². The quantitative estimate of drug-likeness (QED) is 0.490. The fraction of sp³-hybridized carbons (Fsp3) is 0.409. The van der Waals surface area contributed by atoms with Gasteiger partial charge >= 0.3 is 0 Å². The fourth-order valence-corrected chi connectivity index (χ4v) is 4.16. The van der Waals surface area contributed by atoms with Gasteiger partial charge in [0.2, 0.25) is 0 Å². The van der Waals surface area contributed by atoms with Crippen molar-refractivity contribution in [3.8, 4) is 17.0 Å². The molecule has 4 rings (SSSR count). The Morgan fingerprint density at radius 2 is 2.00 bits per heavy atom. The number of amides is 1. The minimum atomic E-state index is -0.625. The zero-order chi connectivity index (χ0) is 21.3. The summed E-state index contributed by atoms with van der Waals surface area (Å²) in [6.07, 6.45) is 6.25. The molecule has 158 valence electrons. The molecule has 0 atom stereocenters. The number of phenols is 1. The van der Waals surface area contributed by atoms with Gasteiger partial charge in [-0.25, -0.2) is 9.37 Å². The summed E-state index contributed by atoms with van der Waals surface area (Å²) in [6, 6.07) is 5.39. The standard InChI is InChI=1S/C22H26FN5O2/c1-13-19-16(21(30)25-12-22(24)8-4-2-3-5-9-22)11-18(26-20(19)28-27-13)15-7-6-14(29)10-17(15)23/h6-7,10-11,29H,2-5,8-9,12,24H2,1H3,(H,25,30)(H,26,27,28). The number of benzene rings is 1. The molecular weight excluding hydrogens is 385 g/mol. The smallest absolute Gasteiger partial charge is 0.252 e. The molecule has 1 aliphatic carbocycles. The number of nitrogens with zero attached hydrogens (tertiary/aromatic N) is 2. The summed E-state index contributed by atoms with van der Waals surface area (Å²) >= 11 is 0. The van der Waals surface area contributed by atoms with Crippen LogP contribution in [0.2, 0.25) is 0 Å². The molecule has 0 spiro atoms. The normalized spacial score (nSPS) is 16.4. The van der Waals surface area contributed by atoms with Gasteiger partial charge in [0.15, 0.2) is 5.65 Å². The van der Waals surface area contributed by atoms with Crippen LogP contribution in [0.3, 0.4) is 0 Å². The van der Waals surface area contributed by atoms with Crippen molar-refractivity contribution in [1.29, 1.82) is 0 Å². The van der Waals surface area contributed by atoms with E-state index in [1.165, 1.54) is 25.0 Å². The average Bonchev–Trinajstić information content (AvgIpc) is 2.94. The first kappa shape index (κ1) is 20.3. The van der Waals surface area contributed by atoms with Crippen LogP contribution >= 0.6 is 0 Å². The lowest BCUT2D eigenvalue weighted by atomic mass is 9.91. The summed E-state index contributed by atoms with van der Waals surface area (Å²) in [5.41, 5.74) is 8.00. The summed E-state index contributed by atoms with van der Waals surface area (Å²) in [5.74, 6) is -1.09. The van der Waals surface area contributed by atoms with Crippen LogP contribution in [0.5, 0.6) is 5.75 Å². The van der Waals surface area contributed by atoms with Crippen LogP contribution in [0.1, 0.15) is 54.6 Å².